The second kappa shape index (κ2) is 5.40. The third kappa shape index (κ3) is 2.63. The summed E-state index contributed by atoms with van der Waals surface area (Å²) in [7, 11) is 4.28. The van der Waals surface area contributed by atoms with E-state index >= 15 is 0 Å². The summed E-state index contributed by atoms with van der Waals surface area (Å²) in [6.07, 6.45) is 1.26. The number of nitrogen functional groups attached to an aromatic ring is 1. The van der Waals surface area contributed by atoms with Crippen LogP contribution in [0.15, 0.2) is 12.1 Å². The van der Waals surface area contributed by atoms with Crippen molar-refractivity contribution in [3.8, 4) is 11.5 Å². The Morgan fingerprint density at radius 1 is 1.30 bits per heavy atom. The van der Waals surface area contributed by atoms with Crippen LogP contribution in [0.5, 0.6) is 11.5 Å². The summed E-state index contributed by atoms with van der Waals surface area (Å²) in [5.74, 6) is 2.26. The van der Waals surface area contributed by atoms with Crippen LogP contribution in [0, 0.1) is 5.92 Å². The molecule has 0 spiro atoms. The molecule has 1 fully saturated rings. The lowest BCUT2D eigenvalue weighted by Gasteiger charge is -2.27. The predicted molar refractivity (Wildman–Crippen MR) is 80.7 cm³/mol. The maximum atomic E-state index is 6.16. The Kier molecular flexibility index (Phi) is 3.61. The normalized spacial score (nSPS) is 22.0. The van der Waals surface area contributed by atoms with E-state index < -0.39 is 0 Å². The molecule has 5 heteroatoms. The van der Waals surface area contributed by atoms with E-state index in [-0.39, 0.29) is 0 Å². The molecule has 0 saturated carbocycles. The average Bonchev–Trinajstić information content (AvgIpc) is 2.83. The molecule has 1 aromatic rings. The first kappa shape index (κ1) is 13.4. The molecule has 3 rings (SSSR count). The van der Waals surface area contributed by atoms with Gasteiger partial charge in [0, 0.05) is 32.3 Å². The number of ether oxygens (including phenoxy) is 2. The fourth-order valence-corrected chi connectivity index (χ4v) is 3.09. The molecule has 0 aliphatic carbocycles. The zero-order valence-electron chi connectivity index (χ0n) is 12.3. The van der Waals surface area contributed by atoms with Crippen molar-refractivity contribution in [3.63, 3.8) is 0 Å². The van der Waals surface area contributed by atoms with Crippen LogP contribution in [0.2, 0.25) is 0 Å². The van der Waals surface area contributed by atoms with E-state index in [1.165, 1.54) is 13.0 Å². The minimum atomic E-state index is 0.593. The highest BCUT2D eigenvalue weighted by atomic mass is 16.6. The highest BCUT2D eigenvalue weighted by Gasteiger charge is 2.23. The van der Waals surface area contributed by atoms with Gasteiger partial charge in [0.1, 0.15) is 13.2 Å². The molecule has 1 saturated heterocycles. The number of hydrogen-bond donors (Lipinski definition) is 1. The highest BCUT2D eigenvalue weighted by molar-refractivity contribution is 5.73. The van der Waals surface area contributed by atoms with Crippen molar-refractivity contribution >= 4 is 11.4 Å². The Labute approximate surface area is 120 Å². The van der Waals surface area contributed by atoms with Gasteiger partial charge < -0.3 is 25.0 Å². The molecule has 0 aromatic heterocycles. The standard InChI is InChI=1S/C15H23N3O2/c1-17-4-3-11(9-17)10-18(2)13-8-15-14(7-12(13)16)19-5-6-20-15/h7-8,11H,3-6,9-10,16H2,1-2H3. The van der Waals surface area contributed by atoms with Crippen molar-refractivity contribution in [2.75, 3.05) is 57.6 Å². The molecule has 0 amide bonds. The van der Waals surface area contributed by atoms with Gasteiger partial charge in [0.05, 0.1) is 11.4 Å². The summed E-state index contributed by atoms with van der Waals surface area (Å²) < 4.78 is 11.2. The van der Waals surface area contributed by atoms with Crippen LogP contribution in [0.4, 0.5) is 11.4 Å². The van der Waals surface area contributed by atoms with E-state index in [0.717, 1.165) is 36.0 Å². The lowest BCUT2D eigenvalue weighted by molar-refractivity contribution is 0.172. The first-order valence-electron chi connectivity index (χ1n) is 7.22. The molecule has 1 atom stereocenters. The first-order chi connectivity index (χ1) is 9.63. The molecule has 2 N–H and O–H groups in total. The van der Waals surface area contributed by atoms with E-state index in [1.807, 2.05) is 12.1 Å². The van der Waals surface area contributed by atoms with Crippen molar-refractivity contribution in [2.45, 2.75) is 6.42 Å². The SMILES string of the molecule is CN1CCC(CN(C)c2cc3c(cc2N)OCCO3)C1. The number of likely N-dealkylation sites (tertiary alicyclic amines) is 1. The predicted octanol–water partition coefficient (Wildman–Crippen LogP) is 1.43. The first-order valence-corrected chi connectivity index (χ1v) is 7.22. The lowest BCUT2D eigenvalue weighted by Crippen LogP contribution is -2.28. The maximum absolute atomic E-state index is 6.16. The minimum absolute atomic E-state index is 0.593. The van der Waals surface area contributed by atoms with Gasteiger partial charge in [0.15, 0.2) is 11.5 Å². The number of anilines is 2. The largest absolute Gasteiger partial charge is 0.486 e. The molecule has 0 bridgehead atoms. The lowest BCUT2D eigenvalue weighted by atomic mass is 10.1. The molecule has 2 aliphatic heterocycles. The van der Waals surface area contributed by atoms with Crippen LogP contribution >= 0.6 is 0 Å². The number of benzene rings is 1. The topological polar surface area (TPSA) is 51.0 Å². The Hall–Kier alpha value is -1.62. The molecule has 2 heterocycles. The van der Waals surface area contributed by atoms with Crippen molar-refractivity contribution in [1.29, 1.82) is 0 Å². The van der Waals surface area contributed by atoms with E-state index in [0.29, 0.717) is 19.1 Å². The fraction of sp³-hybridized carbons (Fsp3) is 0.600. The summed E-state index contributed by atoms with van der Waals surface area (Å²) in [5.41, 5.74) is 7.94. The quantitative estimate of drug-likeness (QED) is 0.847. The molecule has 1 unspecified atom stereocenters. The Balaban J connectivity index is 1.75. The molecular formula is C15H23N3O2. The van der Waals surface area contributed by atoms with Crippen LogP contribution < -0.4 is 20.1 Å². The van der Waals surface area contributed by atoms with Crippen molar-refractivity contribution in [1.82, 2.24) is 4.90 Å². The van der Waals surface area contributed by atoms with Crippen molar-refractivity contribution in [2.24, 2.45) is 5.92 Å². The second-order valence-corrected chi connectivity index (χ2v) is 5.85. The van der Waals surface area contributed by atoms with Gasteiger partial charge in [-0.05, 0) is 25.9 Å². The van der Waals surface area contributed by atoms with Crippen molar-refractivity contribution in [3.05, 3.63) is 12.1 Å². The molecule has 0 radical (unpaired) electrons. The van der Waals surface area contributed by atoms with Gasteiger partial charge in [0.2, 0.25) is 0 Å². The number of rotatable bonds is 3. The van der Waals surface area contributed by atoms with E-state index in [1.54, 1.807) is 0 Å². The van der Waals surface area contributed by atoms with Gasteiger partial charge in [-0.15, -0.1) is 0 Å². The van der Waals surface area contributed by atoms with E-state index in [9.17, 15) is 0 Å². The van der Waals surface area contributed by atoms with Gasteiger partial charge >= 0.3 is 0 Å². The van der Waals surface area contributed by atoms with Crippen LogP contribution in [0.1, 0.15) is 6.42 Å². The Morgan fingerprint density at radius 2 is 2.00 bits per heavy atom. The van der Waals surface area contributed by atoms with Gasteiger partial charge in [-0.2, -0.15) is 0 Å². The van der Waals surface area contributed by atoms with Crippen LogP contribution in [0.3, 0.4) is 0 Å². The number of nitrogens with zero attached hydrogens (tertiary/aromatic N) is 2. The summed E-state index contributed by atoms with van der Waals surface area (Å²) in [6, 6.07) is 3.88. The Bertz CT molecular complexity index is 492. The van der Waals surface area contributed by atoms with Crippen molar-refractivity contribution < 1.29 is 9.47 Å². The molecule has 1 aromatic carbocycles. The van der Waals surface area contributed by atoms with Gasteiger partial charge in [-0.25, -0.2) is 0 Å². The van der Waals surface area contributed by atoms with Gasteiger partial charge in [-0.1, -0.05) is 0 Å². The number of hydrogen-bond acceptors (Lipinski definition) is 5. The summed E-state index contributed by atoms with van der Waals surface area (Å²) >= 11 is 0. The molecule has 5 nitrogen and oxygen atoms in total. The summed E-state index contributed by atoms with van der Waals surface area (Å²) in [6.45, 7) is 4.57. The molecule has 2 aliphatic rings. The van der Waals surface area contributed by atoms with Gasteiger partial charge in [-0.3, -0.25) is 0 Å². The second-order valence-electron chi connectivity index (χ2n) is 5.85. The Morgan fingerprint density at radius 3 is 2.65 bits per heavy atom. The highest BCUT2D eigenvalue weighted by Crippen LogP contribution is 2.38. The third-order valence-corrected chi connectivity index (χ3v) is 4.12. The van der Waals surface area contributed by atoms with Crippen LogP contribution in [0.25, 0.3) is 0 Å². The number of nitrogens with two attached hydrogens (primary N) is 1. The number of fused-ring (bicyclic) bond motifs is 1. The van der Waals surface area contributed by atoms with E-state index in [4.69, 9.17) is 15.2 Å². The smallest absolute Gasteiger partial charge is 0.163 e. The fourth-order valence-electron chi connectivity index (χ4n) is 3.09. The summed E-state index contributed by atoms with van der Waals surface area (Å²) in [4.78, 5) is 4.61. The van der Waals surface area contributed by atoms with Crippen LogP contribution in [-0.4, -0.2) is 51.8 Å². The summed E-state index contributed by atoms with van der Waals surface area (Å²) in [5, 5.41) is 0. The van der Waals surface area contributed by atoms with Crippen LogP contribution in [-0.2, 0) is 0 Å². The molecular weight excluding hydrogens is 254 g/mol. The maximum Gasteiger partial charge on any atom is 0.163 e. The average molecular weight is 277 g/mol. The zero-order valence-corrected chi connectivity index (χ0v) is 12.3. The minimum Gasteiger partial charge on any atom is -0.486 e. The monoisotopic (exact) mass is 277 g/mol. The van der Waals surface area contributed by atoms with Gasteiger partial charge in [0.25, 0.3) is 0 Å². The third-order valence-electron chi connectivity index (χ3n) is 4.12. The van der Waals surface area contributed by atoms with E-state index in [2.05, 4.69) is 23.9 Å². The zero-order chi connectivity index (χ0) is 14.1. The molecule has 110 valence electrons. The molecule has 20 heavy (non-hydrogen) atoms.